The van der Waals surface area contributed by atoms with Crippen LogP contribution in [0, 0.1) is 5.82 Å². The molecule has 2 amide bonds. The number of piperidine rings is 1. The third-order valence-electron chi connectivity index (χ3n) is 6.98. The maximum absolute atomic E-state index is 13.3. The van der Waals surface area contributed by atoms with Gasteiger partial charge in [0.25, 0.3) is 11.8 Å². The Hall–Kier alpha value is -3.58. The average Bonchev–Trinajstić information content (AvgIpc) is 3.30. The Morgan fingerprint density at radius 2 is 1.80 bits per heavy atom. The summed E-state index contributed by atoms with van der Waals surface area (Å²) in [7, 11) is 0. The van der Waals surface area contributed by atoms with E-state index in [1.165, 1.54) is 12.1 Å². The van der Waals surface area contributed by atoms with Crippen LogP contribution < -0.4 is 5.32 Å². The first-order valence-electron chi connectivity index (χ1n) is 12.0. The Labute approximate surface area is 204 Å². The highest BCUT2D eigenvalue weighted by atomic mass is 19.1. The monoisotopic (exact) mass is 473 g/mol. The second-order valence-corrected chi connectivity index (χ2v) is 9.27. The standard InChI is InChI=1S/C28H28FN3O3/c29-23-9-7-20(8-10-23)21-4-3-5-22(18-21)27(34)32-16-13-28(14-17-32)12-11-24(35-28)19-31-26(33)25-6-1-2-15-30-25/h1-10,15,18,24H,11-14,16-17,19H2,(H,31,33). The molecule has 1 spiro atoms. The molecule has 2 aliphatic heterocycles. The Balaban J connectivity index is 1.15. The Kier molecular flexibility index (Phi) is 6.59. The van der Waals surface area contributed by atoms with Gasteiger partial charge in [0.05, 0.1) is 11.7 Å². The maximum atomic E-state index is 13.3. The normalized spacial score (nSPS) is 19.0. The van der Waals surface area contributed by atoms with Gasteiger partial charge < -0.3 is 15.0 Å². The number of nitrogens with zero attached hydrogens (tertiary/aromatic N) is 2. The topological polar surface area (TPSA) is 71.5 Å². The highest BCUT2D eigenvalue weighted by molar-refractivity contribution is 5.95. The molecule has 1 atom stereocenters. The van der Waals surface area contributed by atoms with Crippen LogP contribution >= 0.6 is 0 Å². The molecule has 6 nitrogen and oxygen atoms in total. The molecule has 180 valence electrons. The molecule has 1 unspecified atom stereocenters. The van der Waals surface area contributed by atoms with E-state index in [2.05, 4.69) is 10.3 Å². The lowest BCUT2D eigenvalue weighted by atomic mass is 9.88. The first kappa shape index (κ1) is 23.2. The lowest BCUT2D eigenvalue weighted by molar-refractivity contribution is -0.0712. The van der Waals surface area contributed by atoms with Crippen molar-refractivity contribution in [3.8, 4) is 11.1 Å². The first-order valence-corrected chi connectivity index (χ1v) is 12.0. The molecule has 3 heterocycles. The zero-order valence-corrected chi connectivity index (χ0v) is 19.5. The molecule has 5 rings (SSSR count). The van der Waals surface area contributed by atoms with Crippen LogP contribution in [-0.2, 0) is 4.74 Å². The van der Waals surface area contributed by atoms with Crippen LogP contribution in [0.4, 0.5) is 4.39 Å². The number of rotatable bonds is 5. The average molecular weight is 474 g/mol. The quantitative estimate of drug-likeness (QED) is 0.594. The van der Waals surface area contributed by atoms with Gasteiger partial charge in [-0.3, -0.25) is 14.6 Å². The molecule has 7 heteroatoms. The van der Waals surface area contributed by atoms with Crippen molar-refractivity contribution in [3.05, 3.63) is 90.0 Å². The van der Waals surface area contributed by atoms with Crippen LogP contribution in [0.25, 0.3) is 11.1 Å². The molecular formula is C28H28FN3O3. The number of aromatic nitrogens is 1. The second kappa shape index (κ2) is 9.96. The molecule has 0 radical (unpaired) electrons. The minimum Gasteiger partial charge on any atom is -0.370 e. The van der Waals surface area contributed by atoms with Gasteiger partial charge in [-0.1, -0.05) is 30.3 Å². The zero-order chi connectivity index (χ0) is 24.3. The minimum atomic E-state index is -0.282. The largest absolute Gasteiger partial charge is 0.370 e. The number of halogens is 1. The number of pyridine rings is 1. The lowest BCUT2D eigenvalue weighted by Gasteiger charge is -2.39. The van der Waals surface area contributed by atoms with Crippen LogP contribution in [0.3, 0.4) is 0 Å². The van der Waals surface area contributed by atoms with Gasteiger partial charge in [0.1, 0.15) is 11.5 Å². The third kappa shape index (κ3) is 5.25. The summed E-state index contributed by atoms with van der Waals surface area (Å²) in [5, 5.41) is 2.92. The number of hydrogen-bond acceptors (Lipinski definition) is 4. The van der Waals surface area contributed by atoms with Crippen molar-refractivity contribution in [1.82, 2.24) is 15.2 Å². The number of carbonyl (C=O) groups is 2. The molecule has 35 heavy (non-hydrogen) atoms. The SMILES string of the molecule is O=C(NCC1CCC2(CCN(C(=O)c3cccc(-c4ccc(F)cc4)c3)CC2)O1)c1ccccn1. The van der Waals surface area contributed by atoms with Crippen molar-refractivity contribution in [2.75, 3.05) is 19.6 Å². The van der Waals surface area contributed by atoms with Gasteiger partial charge in [-0.25, -0.2) is 4.39 Å². The van der Waals surface area contributed by atoms with Crippen LogP contribution in [0.5, 0.6) is 0 Å². The molecule has 2 aromatic carbocycles. The molecule has 1 aromatic heterocycles. The molecule has 0 aliphatic carbocycles. The molecule has 3 aromatic rings. The van der Waals surface area contributed by atoms with Crippen LogP contribution in [-0.4, -0.2) is 53.0 Å². The first-order chi connectivity index (χ1) is 17.0. The van der Waals surface area contributed by atoms with Crippen LogP contribution in [0.2, 0.25) is 0 Å². The number of benzene rings is 2. The van der Waals surface area contributed by atoms with E-state index in [0.717, 1.165) is 36.8 Å². The van der Waals surface area contributed by atoms with E-state index in [-0.39, 0.29) is 29.3 Å². The summed E-state index contributed by atoms with van der Waals surface area (Å²) in [6, 6.07) is 19.0. The smallest absolute Gasteiger partial charge is 0.269 e. The predicted octanol–water partition coefficient (Wildman–Crippen LogP) is 4.47. The van der Waals surface area contributed by atoms with Gasteiger partial charge in [0.2, 0.25) is 0 Å². The van der Waals surface area contributed by atoms with Crippen molar-refractivity contribution in [2.45, 2.75) is 37.4 Å². The minimum absolute atomic E-state index is 0.000910. The van der Waals surface area contributed by atoms with E-state index < -0.39 is 0 Å². The Morgan fingerprint density at radius 3 is 2.54 bits per heavy atom. The summed E-state index contributed by atoms with van der Waals surface area (Å²) in [6.45, 7) is 1.72. The van der Waals surface area contributed by atoms with Crippen molar-refractivity contribution in [2.24, 2.45) is 0 Å². The summed E-state index contributed by atoms with van der Waals surface area (Å²) < 4.78 is 19.7. The van der Waals surface area contributed by atoms with E-state index in [1.807, 2.05) is 29.2 Å². The van der Waals surface area contributed by atoms with Crippen molar-refractivity contribution in [3.63, 3.8) is 0 Å². The van der Waals surface area contributed by atoms with E-state index in [0.29, 0.717) is 30.9 Å². The van der Waals surface area contributed by atoms with Gasteiger partial charge in [0.15, 0.2) is 0 Å². The van der Waals surface area contributed by atoms with E-state index in [1.54, 1.807) is 36.5 Å². The van der Waals surface area contributed by atoms with Crippen LogP contribution in [0.15, 0.2) is 72.9 Å². The zero-order valence-electron chi connectivity index (χ0n) is 19.5. The predicted molar refractivity (Wildman–Crippen MR) is 130 cm³/mol. The van der Waals surface area contributed by atoms with E-state index >= 15 is 0 Å². The van der Waals surface area contributed by atoms with Gasteiger partial charge in [-0.05, 0) is 73.2 Å². The van der Waals surface area contributed by atoms with Gasteiger partial charge in [0, 0.05) is 31.4 Å². The number of ether oxygens (including phenoxy) is 1. The van der Waals surface area contributed by atoms with Gasteiger partial charge >= 0.3 is 0 Å². The number of hydrogen-bond donors (Lipinski definition) is 1. The second-order valence-electron chi connectivity index (χ2n) is 9.27. The molecule has 2 aliphatic rings. The van der Waals surface area contributed by atoms with Crippen molar-refractivity contribution in [1.29, 1.82) is 0 Å². The van der Waals surface area contributed by atoms with E-state index in [9.17, 15) is 14.0 Å². The summed E-state index contributed by atoms with van der Waals surface area (Å²) in [6.07, 6.45) is 4.94. The fraction of sp³-hybridized carbons (Fsp3) is 0.321. The number of carbonyl (C=O) groups excluding carboxylic acids is 2. The summed E-state index contributed by atoms with van der Waals surface area (Å²) in [5.74, 6) is -0.477. The molecule has 2 saturated heterocycles. The third-order valence-corrected chi connectivity index (χ3v) is 6.98. The fourth-order valence-corrected chi connectivity index (χ4v) is 4.98. The van der Waals surface area contributed by atoms with Crippen molar-refractivity contribution >= 4 is 11.8 Å². The maximum Gasteiger partial charge on any atom is 0.269 e. The van der Waals surface area contributed by atoms with Crippen LogP contribution in [0.1, 0.15) is 46.5 Å². The fourth-order valence-electron chi connectivity index (χ4n) is 4.98. The number of nitrogens with one attached hydrogen (secondary N) is 1. The Morgan fingerprint density at radius 1 is 1.00 bits per heavy atom. The number of likely N-dealkylation sites (tertiary alicyclic amines) is 1. The lowest BCUT2D eigenvalue weighted by Crippen LogP contribution is -2.47. The van der Waals surface area contributed by atoms with Gasteiger partial charge in [-0.15, -0.1) is 0 Å². The number of amides is 2. The highest BCUT2D eigenvalue weighted by Crippen LogP contribution is 2.39. The van der Waals surface area contributed by atoms with Crippen molar-refractivity contribution < 1.29 is 18.7 Å². The Bertz CT molecular complexity index is 1190. The molecule has 1 N–H and O–H groups in total. The highest BCUT2D eigenvalue weighted by Gasteiger charge is 2.43. The van der Waals surface area contributed by atoms with E-state index in [4.69, 9.17) is 4.74 Å². The summed E-state index contributed by atoms with van der Waals surface area (Å²) >= 11 is 0. The summed E-state index contributed by atoms with van der Waals surface area (Å²) in [5.41, 5.74) is 2.56. The molecule has 0 bridgehead atoms. The van der Waals surface area contributed by atoms with Gasteiger partial charge in [-0.2, -0.15) is 0 Å². The molecule has 0 saturated carbocycles. The molecule has 2 fully saturated rings. The summed E-state index contributed by atoms with van der Waals surface area (Å²) in [4.78, 5) is 31.4. The molecular weight excluding hydrogens is 445 g/mol.